The van der Waals surface area contributed by atoms with E-state index in [2.05, 4.69) is 15.3 Å². The third-order valence-electron chi connectivity index (χ3n) is 2.01. The Kier molecular flexibility index (Phi) is 3.43. The molecule has 5 nitrogen and oxygen atoms in total. The van der Waals surface area contributed by atoms with E-state index in [9.17, 15) is 4.79 Å². The van der Waals surface area contributed by atoms with Gasteiger partial charge in [-0.25, -0.2) is 9.97 Å². The molecule has 0 fully saturated rings. The van der Waals surface area contributed by atoms with Crippen molar-refractivity contribution in [1.29, 1.82) is 5.26 Å². The Morgan fingerprint density at radius 2 is 2.41 bits per heavy atom. The first-order chi connectivity index (χ1) is 8.29. The van der Waals surface area contributed by atoms with E-state index >= 15 is 0 Å². The smallest absolute Gasteiger partial charge is 0.231 e. The monoisotopic (exact) mass is 244 g/mol. The van der Waals surface area contributed by atoms with Gasteiger partial charge in [0.1, 0.15) is 11.9 Å². The maximum Gasteiger partial charge on any atom is 0.231 e. The maximum absolute atomic E-state index is 11.7. The van der Waals surface area contributed by atoms with Crippen LogP contribution in [0.5, 0.6) is 0 Å². The Bertz CT molecular complexity index is 559. The van der Waals surface area contributed by atoms with Gasteiger partial charge in [0.15, 0.2) is 0 Å². The molecule has 6 heteroatoms. The van der Waals surface area contributed by atoms with Gasteiger partial charge in [-0.1, -0.05) is 0 Å². The molecule has 0 atom stereocenters. The van der Waals surface area contributed by atoms with Crippen LogP contribution < -0.4 is 5.32 Å². The number of rotatable bonds is 3. The van der Waals surface area contributed by atoms with Crippen molar-refractivity contribution in [3.8, 4) is 6.07 Å². The number of aromatic nitrogens is 2. The molecule has 2 heterocycles. The van der Waals surface area contributed by atoms with Gasteiger partial charge in [0.05, 0.1) is 23.2 Å². The van der Waals surface area contributed by atoms with Crippen LogP contribution in [0.3, 0.4) is 0 Å². The lowest BCUT2D eigenvalue weighted by Gasteiger charge is -2.04. The van der Waals surface area contributed by atoms with E-state index in [0.717, 1.165) is 0 Å². The molecule has 0 unspecified atom stereocenters. The van der Waals surface area contributed by atoms with Crippen molar-refractivity contribution in [2.75, 3.05) is 5.32 Å². The number of pyridine rings is 1. The third-order valence-corrected chi connectivity index (χ3v) is 2.65. The van der Waals surface area contributed by atoms with Gasteiger partial charge >= 0.3 is 0 Å². The summed E-state index contributed by atoms with van der Waals surface area (Å²) < 4.78 is 0. The molecule has 0 spiro atoms. The number of anilines is 1. The zero-order chi connectivity index (χ0) is 12.1. The molecular weight excluding hydrogens is 236 g/mol. The topological polar surface area (TPSA) is 78.7 Å². The first-order valence-corrected chi connectivity index (χ1v) is 5.76. The quantitative estimate of drug-likeness (QED) is 0.889. The minimum atomic E-state index is -0.230. The van der Waals surface area contributed by atoms with Crippen molar-refractivity contribution in [1.82, 2.24) is 9.97 Å². The standard InChI is InChI=1S/C11H8N4OS/c12-5-8-2-1-3-13-11(8)15-10(16)4-9-6-17-7-14-9/h1-3,6-7H,4H2,(H,13,15,16). The Hall–Kier alpha value is -2.26. The van der Waals surface area contributed by atoms with Gasteiger partial charge < -0.3 is 5.32 Å². The molecule has 0 aliphatic carbocycles. The maximum atomic E-state index is 11.7. The summed E-state index contributed by atoms with van der Waals surface area (Å²) >= 11 is 1.44. The third kappa shape index (κ3) is 2.86. The molecule has 1 N–H and O–H groups in total. The summed E-state index contributed by atoms with van der Waals surface area (Å²) in [5, 5.41) is 13.2. The van der Waals surface area contributed by atoms with Crippen molar-refractivity contribution < 1.29 is 4.79 Å². The fourth-order valence-electron chi connectivity index (χ4n) is 1.26. The summed E-state index contributed by atoms with van der Waals surface area (Å²) in [7, 11) is 0. The molecule has 2 aromatic rings. The minimum Gasteiger partial charge on any atom is -0.309 e. The first kappa shape index (κ1) is 11.2. The van der Waals surface area contributed by atoms with Crippen LogP contribution >= 0.6 is 11.3 Å². The molecule has 2 aromatic heterocycles. The van der Waals surface area contributed by atoms with Crippen LogP contribution in [0.4, 0.5) is 5.82 Å². The van der Waals surface area contributed by atoms with Crippen LogP contribution in [0.15, 0.2) is 29.2 Å². The number of hydrogen-bond donors (Lipinski definition) is 1. The highest BCUT2D eigenvalue weighted by atomic mass is 32.1. The predicted octanol–water partition coefficient (Wildman–Crippen LogP) is 1.59. The van der Waals surface area contributed by atoms with Gasteiger partial charge in [-0.05, 0) is 12.1 Å². The summed E-state index contributed by atoms with van der Waals surface area (Å²) in [5.41, 5.74) is 2.73. The lowest BCUT2D eigenvalue weighted by atomic mass is 10.2. The number of amides is 1. The van der Waals surface area contributed by atoms with Gasteiger partial charge in [-0.15, -0.1) is 11.3 Å². The highest BCUT2D eigenvalue weighted by molar-refractivity contribution is 7.07. The highest BCUT2D eigenvalue weighted by Gasteiger charge is 2.09. The van der Waals surface area contributed by atoms with Crippen molar-refractivity contribution in [3.05, 3.63) is 40.5 Å². The molecule has 0 saturated carbocycles. The van der Waals surface area contributed by atoms with E-state index in [1.807, 2.05) is 11.4 Å². The van der Waals surface area contributed by atoms with Gasteiger partial charge in [-0.2, -0.15) is 5.26 Å². The molecule has 0 bridgehead atoms. The van der Waals surface area contributed by atoms with Crippen LogP contribution in [0.2, 0.25) is 0 Å². The molecule has 0 aliphatic heterocycles. The number of carbonyl (C=O) groups excluding carboxylic acids is 1. The number of nitrogens with zero attached hydrogens (tertiary/aromatic N) is 3. The number of nitrogens with one attached hydrogen (secondary N) is 1. The molecular formula is C11H8N4OS. The van der Waals surface area contributed by atoms with E-state index in [0.29, 0.717) is 11.3 Å². The average Bonchev–Trinajstić information content (AvgIpc) is 2.82. The Balaban J connectivity index is 2.06. The zero-order valence-corrected chi connectivity index (χ0v) is 9.57. The molecule has 1 amide bonds. The average molecular weight is 244 g/mol. The lowest BCUT2D eigenvalue weighted by Crippen LogP contribution is -2.16. The van der Waals surface area contributed by atoms with Crippen molar-refractivity contribution in [2.45, 2.75) is 6.42 Å². The zero-order valence-electron chi connectivity index (χ0n) is 8.75. The van der Waals surface area contributed by atoms with E-state index in [1.54, 1.807) is 17.6 Å². The van der Waals surface area contributed by atoms with Crippen LogP contribution in [-0.4, -0.2) is 15.9 Å². The van der Waals surface area contributed by atoms with Crippen molar-refractivity contribution in [3.63, 3.8) is 0 Å². The van der Waals surface area contributed by atoms with Gasteiger partial charge in [0.2, 0.25) is 5.91 Å². The summed E-state index contributed by atoms with van der Waals surface area (Å²) in [4.78, 5) is 19.6. The molecule has 0 saturated heterocycles. The number of carbonyl (C=O) groups is 1. The SMILES string of the molecule is N#Cc1cccnc1NC(=O)Cc1cscn1. The lowest BCUT2D eigenvalue weighted by molar-refractivity contribution is -0.115. The summed E-state index contributed by atoms with van der Waals surface area (Å²) in [6.07, 6.45) is 1.71. The van der Waals surface area contributed by atoms with E-state index < -0.39 is 0 Å². The molecule has 0 radical (unpaired) electrons. The van der Waals surface area contributed by atoms with Crippen molar-refractivity contribution >= 4 is 23.1 Å². The van der Waals surface area contributed by atoms with Crippen molar-refractivity contribution in [2.24, 2.45) is 0 Å². The predicted molar refractivity (Wildman–Crippen MR) is 63.4 cm³/mol. The Labute approximate surface area is 102 Å². The van der Waals surface area contributed by atoms with E-state index in [1.165, 1.54) is 17.5 Å². The van der Waals surface area contributed by atoms with Gasteiger partial charge in [0, 0.05) is 11.6 Å². The number of hydrogen-bond acceptors (Lipinski definition) is 5. The van der Waals surface area contributed by atoms with Gasteiger partial charge in [-0.3, -0.25) is 4.79 Å². The number of thiazole rings is 1. The van der Waals surface area contributed by atoms with Crippen LogP contribution in [-0.2, 0) is 11.2 Å². The van der Waals surface area contributed by atoms with Crippen LogP contribution in [0.25, 0.3) is 0 Å². The normalized spacial score (nSPS) is 9.59. The minimum absolute atomic E-state index is 0.185. The molecule has 84 valence electrons. The second-order valence-electron chi connectivity index (χ2n) is 3.22. The Morgan fingerprint density at radius 3 is 3.12 bits per heavy atom. The second-order valence-corrected chi connectivity index (χ2v) is 3.93. The highest BCUT2D eigenvalue weighted by Crippen LogP contribution is 2.10. The summed E-state index contributed by atoms with van der Waals surface area (Å²) in [6.45, 7) is 0. The first-order valence-electron chi connectivity index (χ1n) is 4.81. The largest absolute Gasteiger partial charge is 0.309 e. The Morgan fingerprint density at radius 1 is 1.53 bits per heavy atom. The molecule has 17 heavy (non-hydrogen) atoms. The summed E-state index contributed by atoms with van der Waals surface area (Å²) in [6, 6.07) is 5.22. The van der Waals surface area contributed by atoms with E-state index in [-0.39, 0.29) is 18.1 Å². The number of nitriles is 1. The fraction of sp³-hybridized carbons (Fsp3) is 0.0909. The van der Waals surface area contributed by atoms with Crippen LogP contribution in [0, 0.1) is 11.3 Å². The van der Waals surface area contributed by atoms with Crippen LogP contribution in [0.1, 0.15) is 11.3 Å². The van der Waals surface area contributed by atoms with E-state index in [4.69, 9.17) is 5.26 Å². The second kappa shape index (κ2) is 5.18. The summed E-state index contributed by atoms with van der Waals surface area (Å²) in [5.74, 6) is 0.0568. The molecule has 0 aliphatic rings. The fourth-order valence-corrected chi connectivity index (χ4v) is 1.82. The van der Waals surface area contributed by atoms with Gasteiger partial charge in [0.25, 0.3) is 0 Å². The molecule has 0 aromatic carbocycles. The molecule has 2 rings (SSSR count).